The van der Waals surface area contributed by atoms with Crippen LogP contribution in [0.15, 0.2) is 0 Å². The van der Waals surface area contributed by atoms with Crippen molar-refractivity contribution in [3.63, 3.8) is 0 Å². The number of nitrogens with one attached hydrogen (secondary N) is 2. The molecule has 2 aromatic heterocycles. The Balaban J connectivity index is -0.000000440. The normalized spacial score (nSPS) is 12.0. The quantitative estimate of drug-likeness (QED) is 0.236. The fourth-order valence-electron chi connectivity index (χ4n) is 1.99. The van der Waals surface area contributed by atoms with Crippen molar-refractivity contribution in [3.8, 4) is 0 Å². The fourth-order valence-corrected chi connectivity index (χ4v) is 1.99. The number of hydrogen-bond acceptors (Lipinski definition) is 4. The first-order valence-electron chi connectivity index (χ1n) is 12.2. The van der Waals surface area contributed by atoms with Gasteiger partial charge in [0, 0.05) is 12.2 Å². The molecule has 0 amide bonds. The number of imidazole rings is 2. The summed E-state index contributed by atoms with van der Waals surface area (Å²) in [6, 6.07) is 0. The van der Waals surface area contributed by atoms with Crippen LogP contribution in [0.4, 0.5) is 0 Å². The van der Waals surface area contributed by atoms with Gasteiger partial charge in [-0.15, -0.1) is 12.4 Å². The molecule has 0 saturated heterocycles. The maximum absolute atomic E-state index is 8.06. The summed E-state index contributed by atoms with van der Waals surface area (Å²) in [6.45, 7) is 32.7. The van der Waals surface area contributed by atoms with E-state index in [4.69, 9.17) is 10.2 Å². The topological polar surface area (TPSA) is 97.8 Å². The van der Waals surface area contributed by atoms with Crippen molar-refractivity contribution in [2.75, 3.05) is 0 Å². The van der Waals surface area contributed by atoms with Crippen molar-refractivity contribution >= 4 is 0 Å². The zero-order valence-electron chi connectivity index (χ0n) is 25.4. The molecule has 0 saturated carbocycles. The number of aromatic nitrogens is 4. The van der Waals surface area contributed by atoms with E-state index in [1.807, 2.05) is 0 Å². The number of rotatable bonds is 0. The van der Waals surface area contributed by atoms with E-state index in [9.17, 15) is 0 Å². The maximum Gasteiger partial charge on any atom is 2.00 e. The summed E-state index contributed by atoms with van der Waals surface area (Å²) < 4.78 is 0. The van der Waals surface area contributed by atoms with Crippen molar-refractivity contribution in [2.45, 2.75) is 145 Å². The molecular formula is C28H54N4O2Ti. The molecule has 0 radical (unpaired) electrons. The van der Waals surface area contributed by atoms with Crippen LogP contribution < -0.4 is 0 Å². The van der Waals surface area contributed by atoms with Crippen molar-refractivity contribution in [1.82, 2.24) is 19.9 Å². The van der Waals surface area contributed by atoms with Gasteiger partial charge in [0.05, 0.1) is 0 Å². The second kappa shape index (κ2) is 15.3. The number of hydrogen-bond donors (Lipinski definition) is 4. The van der Waals surface area contributed by atoms with E-state index < -0.39 is 0 Å². The van der Waals surface area contributed by atoms with E-state index in [2.05, 4.69) is 115 Å². The molecule has 0 fully saturated rings. The van der Waals surface area contributed by atoms with Crippen molar-refractivity contribution in [3.05, 3.63) is 35.4 Å². The van der Waals surface area contributed by atoms with Gasteiger partial charge in [-0.1, -0.05) is 94.5 Å². The van der Waals surface area contributed by atoms with Gasteiger partial charge in [-0.3, -0.25) is 0 Å². The summed E-state index contributed by atoms with van der Waals surface area (Å²) in [5, 5.41) is 16.1. The molecule has 0 aliphatic rings. The number of aliphatic hydroxyl groups excluding tert-OH is 2. The van der Waals surface area contributed by atoms with E-state index in [0.29, 0.717) is 0 Å². The molecule has 2 heterocycles. The Labute approximate surface area is 231 Å². The van der Waals surface area contributed by atoms with Gasteiger partial charge in [0.1, 0.15) is 0 Å². The molecule has 0 aliphatic heterocycles. The van der Waals surface area contributed by atoms with Gasteiger partial charge >= 0.3 is 21.7 Å². The number of aromatic amines is 2. The second-order valence-corrected chi connectivity index (χ2v) is 13.3. The third kappa shape index (κ3) is 18.9. The Morgan fingerprint density at radius 1 is 0.543 bits per heavy atom. The van der Waals surface area contributed by atoms with Gasteiger partial charge in [-0.2, -0.15) is 0 Å². The zero-order valence-corrected chi connectivity index (χ0v) is 27.0. The third-order valence-electron chi connectivity index (χ3n) is 3.97. The molecule has 2 aromatic rings. The van der Waals surface area contributed by atoms with Gasteiger partial charge in [0.2, 0.25) is 0 Å². The number of aliphatic hydroxyl groups is 2. The van der Waals surface area contributed by atoms with Crippen LogP contribution in [0.3, 0.4) is 0 Å². The summed E-state index contributed by atoms with van der Waals surface area (Å²) in [6.07, 6.45) is 5.76. The Morgan fingerprint density at radius 2 is 0.743 bits per heavy atom. The number of H-pyrrole nitrogens is 2. The third-order valence-corrected chi connectivity index (χ3v) is 3.97. The molecule has 7 heteroatoms. The van der Waals surface area contributed by atoms with Gasteiger partial charge in [-0.05, 0) is 61.0 Å². The minimum Gasteiger partial charge on any atom is -0.439 e. The largest absolute Gasteiger partial charge is 2.00 e. The summed E-state index contributed by atoms with van der Waals surface area (Å²) in [5.41, 5.74) is 2.54. The van der Waals surface area contributed by atoms with E-state index in [-0.39, 0.29) is 55.6 Å². The average Bonchev–Trinajstić information content (AvgIpc) is 3.23. The summed E-state index contributed by atoms with van der Waals surface area (Å²) >= 11 is 0. The van der Waals surface area contributed by atoms with Gasteiger partial charge in [0.25, 0.3) is 0 Å². The van der Waals surface area contributed by atoms with Gasteiger partial charge < -0.3 is 30.1 Å². The van der Waals surface area contributed by atoms with Crippen LogP contribution in [0.25, 0.3) is 0 Å². The van der Waals surface area contributed by atoms with Crippen LogP contribution in [0.5, 0.6) is 0 Å². The van der Waals surface area contributed by atoms with Gasteiger partial charge in [0.15, 0.2) is 0 Å². The van der Waals surface area contributed by atoms with Crippen LogP contribution in [0.2, 0.25) is 0 Å². The number of nitrogens with zero attached hydrogens (tertiary/aromatic N) is 2. The average molecular weight is 527 g/mol. The van der Waals surface area contributed by atoms with Gasteiger partial charge in [-0.25, -0.2) is 0 Å². The van der Waals surface area contributed by atoms with Crippen LogP contribution in [0.1, 0.15) is 134 Å². The van der Waals surface area contributed by atoms with Crippen LogP contribution in [-0.2, 0) is 43.4 Å². The minimum atomic E-state index is -0.167. The fraction of sp³-hybridized carbons (Fsp3) is 0.786. The Morgan fingerprint density at radius 3 is 0.829 bits per heavy atom. The van der Waals surface area contributed by atoms with E-state index in [1.165, 1.54) is 0 Å². The molecule has 0 unspecified atom stereocenters. The monoisotopic (exact) mass is 526 g/mol. The van der Waals surface area contributed by atoms with E-state index in [0.717, 1.165) is 23.0 Å². The Hall–Kier alpha value is -0.946. The standard InChI is InChI=1S/2C11H19N2.2C3H8O.Ti/c2*1-10(2,3)8-7-12-9(13-8)11(4,5)6;2*1-3(2)4;/h2*1-6H3,(H,12,13);2*3-4H,1-2H3;/q2*-1;;;+2. The molecule has 0 spiro atoms. The predicted octanol–water partition coefficient (Wildman–Crippen LogP) is 6.38. The second-order valence-electron chi connectivity index (χ2n) is 13.3. The Kier molecular flexibility index (Phi) is 16.9. The minimum absolute atomic E-state index is 0. The Bertz CT molecular complexity index is 666. The molecule has 6 nitrogen and oxygen atoms in total. The molecule has 0 aromatic carbocycles. The summed E-state index contributed by atoms with van der Waals surface area (Å²) in [5.74, 6) is 2.02. The van der Waals surface area contributed by atoms with Crippen molar-refractivity contribution < 1.29 is 31.9 Å². The SMILES string of the molecule is CC(C)(C)c1[c-]nc(C(C)(C)C)[nH]1.CC(C)(C)c1[c-]nc(C(C)(C)C)[nH]1.CC(C)O.CC(C)O.[Ti+2]. The van der Waals surface area contributed by atoms with Crippen LogP contribution in [-0.4, -0.2) is 42.4 Å². The van der Waals surface area contributed by atoms with E-state index >= 15 is 0 Å². The summed E-state index contributed by atoms with van der Waals surface area (Å²) in [4.78, 5) is 15.2. The molecule has 0 bridgehead atoms. The first-order chi connectivity index (χ1) is 14.9. The van der Waals surface area contributed by atoms with Crippen LogP contribution >= 0.6 is 0 Å². The first-order valence-corrected chi connectivity index (χ1v) is 12.2. The molecule has 0 atom stereocenters. The molecule has 35 heavy (non-hydrogen) atoms. The molecular weight excluding hydrogens is 472 g/mol. The molecule has 202 valence electrons. The van der Waals surface area contributed by atoms with Crippen LogP contribution in [0, 0.1) is 12.4 Å². The maximum atomic E-state index is 8.06. The smallest absolute Gasteiger partial charge is 0.439 e. The van der Waals surface area contributed by atoms with Crippen molar-refractivity contribution in [1.29, 1.82) is 0 Å². The zero-order chi connectivity index (χ0) is 27.7. The molecule has 4 N–H and O–H groups in total. The van der Waals surface area contributed by atoms with Crippen molar-refractivity contribution in [2.24, 2.45) is 0 Å². The summed E-state index contributed by atoms with van der Waals surface area (Å²) in [7, 11) is 0. The predicted molar refractivity (Wildman–Crippen MR) is 144 cm³/mol. The molecule has 0 aliphatic carbocycles. The first kappa shape index (κ1) is 38.6. The van der Waals surface area contributed by atoms with E-state index in [1.54, 1.807) is 27.7 Å². The molecule has 2 rings (SSSR count).